The molecule has 18 heavy (non-hydrogen) atoms. The summed E-state index contributed by atoms with van der Waals surface area (Å²) in [6.07, 6.45) is 5.00. The quantitative estimate of drug-likeness (QED) is 0.778. The lowest BCUT2D eigenvalue weighted by Gasteiger charge is -2.37. The van der Waals surface area contributed by atoms with Gasteiger partial charge in [0, 0.05) is 11.6 Å². The molecule has 0 radical (unpaired) electrons. The molecule has 4 heteroatoms. The number of carbonyl (C=O) groups is 1. The molecule has 2 unspecified atom stereocenters. The first-order chi connectivity index (χ1) is 8.39. The highest BCUT2D eigenvalue weighted by atomic mass is 16.5. The van der Waals surface area contributed by atoms with E-state index in [0.29, 0.717) is 12.6 Å². The van der Waals surface area contributed by atoms with E-state index in [1.54, 1.807) is 0 Å². The first-order valence-corrected chi connectivity index (χ1v) is 7.12. The van der Waals surface area contributed by atoms with E-state index in [2.05, 4.69) is 18.7 Å². The van der Waals surface area contributed by atoms with Crippen molar-refractivity contribution in [3.8, 4) is 0 Å². The third-order valence-corrected chi connectivity index (χ3v) is 4.61. The van der Waals surface area contributed by atoms with Gasteiger partial charge in [-0.15, -0.1) is 0 Å². The largest absolute Gasteiger partial charge is 0.465 e. The molecule has 2 rings (SSSR count). The van der Waals surface area contributed by atoms with Crippen LogP contribution in [-0.2, 0) is 9.53 Å². The third kappa shape index (κ3) is 2.41. The lowest BCUT2D eigenvalue weighted by molar-refractivity contribution is -0.149. The highest BCUT2D eigenvalue weighted by molar-refractivity contribution is 5.81. The van der Waals surface area contributed by atoms with Crippen LogP contribution in [0, 0.1) is 0 Å². The number of nitrogens with two attached hydrogens (primary N) is 1. The number of hydrogen-bond acceptors (Lipinski definition) is 4. The molecule has 104 valence electrons. The van der Waals surface area contributed by atoms with Crippen LogP contribution in [0.1, 0.15) is 52.9 Å². The molecule has 1 heterocycles. The van der Waals surface area contributed by atoms with Gasteiger partial charge in [0.15, 0.2) is 0 Å². The lowest BCUT2D eigenvalue weighted by atomic mass is 9.97. The summed E-state index contributed by atoms with van der Waals surface area (Å²) in [4.78, 5) is 14.5. The average Bonchev–Trinajstić information content (AvgIpc) is 2.83. The SMILES string of the molecule is CCOC(=O)C1(N)CCC(N2CCCC2(C)C)C1. The average molecular weight is 254 g/mol. The standard InChI is InChI=1S/C14H26N2O2/c1-4-18-12(17)14(15)8-6-11(10-14)16-9-5-7-13(16,2)3/h11H,4-10,15H2,1-3H3. The Hall–Kier alpha value is -0.610. The van der Waals surface area contributed by atoms with E-state index < -0.39 is 5.54 Å². The number of carbonyl (C=O) groups excluding carboxylic acids is 1. The van der Waals surface area contributed by atoms with Gasteiger partial charge in [-0.2, -0.15) is 0 Å². The monoisotopic (exact) mass is 254 g/mol. The van der Waals surface area contributed by atoms with E-state index in [-0.39, 0.29) is 11.5 Å². The van der Waals surface area contributed by atoms with Gasteiger partial charge in [0.2, 0.25) is 0 Å². The minimum Gasteiger partial charge on any atom is -0.465 e. The summed E-state index contributed by atoms with van der Waals surface area (Å²) in [5, 5.41) is 0. The summed E-state index contributed by atoms with van der Waals surface area (Å²) in [6, 6.07) is 0.442. The minimum absolute atomic E-state index is 0.218. The van der Waals surface area contributed by atoms with Crippen molar-refractivity contribution in [1.29, 1.82) is 0 Å². The van der Waals surface area contributed by atoms with E-state index in [1.807, 2.05) is 6.92 Å². The first kappa shape index (κ1) is 13.8. The number of likely N-dealkylation sites (tertiary alicyclic amines) is 1. The molecule has 4 nitrogen and oxygen atoms in total. The predicted molar refractivity (Wildman–Crippen MR) is 71.2 cm³/mol. The highest BCUT2D eigenvalue weighted by Gasteiger charge is 2.48. The molecule has 0 bridgehead atoms. The zero-order chi connectivity index (χ0) is 13.4. The fourth-order valence-corrected chi connectivity index (χ4v) is 3.58. The van der Waals surface area contributed by atoms with Crippen LogP contribution in [-0.4, -0.2) is 41.1 Å². The molecule has 0 aromatic heterocycles. The Labute approximate surface area is 110 Å². The topological polar surface area (TPSA) is 55.6 Å². The zero-order valence-electron chi connectivity index (χ0n) is 11.9. The second kappa shape index (κ2) is 4.82. The Morgan fingerprint density at radius 2 is 2.17 bits per heavy atom. The van der Waals surface area contributed by atoms with Crippen molar-refractivity contribution >= 4 is 5.97 Å². The normalized spacial score (nSPS) is 35.9. The van der Waals surface area contributed by atoms with Crippen LogP contribution in [0.25, 0.3) is 0 Å². The van der Waals surface area contributed by atoms with E-state index in [4.69, 9.17) is 10.5 Å². The minimum atomic E-state index is -0.751. The van der Waals surface area contributed by atoms with Crippen LogP contribution in [0.4, 0.5) is 0 Å². The smallest absolute Gasteiger partial charge is 0.326 e. The van der Waals surface area contributed by atoms with E-state index in [1.165, 1.54) is 12.8 Å². The maximum absolute atomic E-state index is 11.9. The number of rotatable bonds is 3. The van der Waals surface area contributed by atoms with Crippen LogP contribution in [0.2, 0.25) is 0 Å². The van der Waals surface area contributed by atoms with Crippen molar-refractivity contribution in [2.75, 3.05) is 13.2 Å². The van der Waals surface area contributed by atoms with Crippen molar-refractivity contribution in [3.05, 3.63) is 0 Å². The van der Waals surface area contributed by atoms with Gasteiger partial charge >= 0.3 is 5.97 Å². The summed E-state index contributed by atoms with van der Waals surface area (Å²) in [5.74, 6) is -0.218. The Balaban J connectivity index is 2.02. The van der Waals surface area contributed by atoms with Gasteiger partial charge < -0.3 is 10.5 Å². The molecular weight excluding hydrogens is 228 g/mol. The van der Waals surface area contributed by atoms with Crippen LogP contribution in [0.15, 0.2) is 0 Å². The van der Waals surface area contributed by atoms with Crippen molar-refractivity contribution in [2.24, 2.45) is 5.73 Å². The maximum atomic E-state index is 11.9. The maximum Gasteiger partial charge on any atom is 0.326 e. The molecule has 0 spiro atoms. The molecule has 2 N–H and O–H groups in total. The van der Waals surface area contributed by atoms with E-state index in [9.17, 15) is 4.79 Å². The van der Waals surface area contributed by atoms with Gasteiger partial charge in [0.1, 0.15) is 5.54 Å². The summed E-state index contributed by atoms with van der Waals surface area (Å²) < 4.78 is 5.11. The lowest BCUT2D eigenvalue weighted by Crippen LogP contribution is -2.50. The van der Waals surface area contributed by atoms with Crippen molar-refractivity contribution in [1.82, 2.24) is 4.90 Å². The fourth-order valence-electron chi connectivity index (χ4n) is 3.58. The number of hydrogen-bond donors (Lipinski definition) is 1. The van der Waals surface area contributed by atoms with E-state index in [0.717, 1.165) is 25.8 Å². The Morgan fingerprint density at radius 1 is 1.44 bits per heavy atom. The van der Waals surface area contributed by atoms with Gasteiger partial charge in [0.05, 0.1) is 6.61 Å². The van der Waals surface area contributed by atoms with Gasteiger partial charge in [-0.05, 0) is 59.4 Å². The molecule has 1 saturated heterocycles. The number of nitrogens with zero attached hydrogens (tertiary/aromatic N) is 1. The molecule has 1 aliphatic heterocycles. The van der Waals surface area contributed by atoms with Gasteiger partial charge in [-0.1, -0.05) is 0 Å². The zero-order valence-corrected chi connectivity index (χ0v) is 11.9. The summed E-state index contributed by atoms with van der Waals surface area (Å²) in [5.41, 5.74) is 5.74. The van der Waals surface area contributed by atoms with Crippen LogP contribution >= 0.6 is 0 Å². The van der Waals surface area contributed by atoms with Gasteiger partial charge in [-0.3, -0.25) is 9.69 Å². The van der Waals surface area contributed by atoms with Crippen molar-refractivity contribution in [3.63, 3.8) is 0 Å². The van der Waals surface area contributed by atoms with E-state index >= 15 is 0 Å². The first-order valence-electron chi connectivity index (χ1n) is 7.12. The third-order valence-electron chi connectivity index (χ3n) is 4.61. The fraction of sp³-hybridized carbons (Fsp3) is 0.929. The molecule has 1 aliphatic carbocycles. The summed E-state index contributed by atoms with van der Waals surface area (Å²) >= 11 is 0. The summed E-state index contributed by atoms with van der Waals surface area (Å²) in [6.45, 7) is 7.97. The molecule has 0 aromatic carbocycles. The second-order valence-electron chi connectivity index (χ2n) is 6.38. The van der Waals surface area contributed by atoms with Gasteiger partial charge in [0.25, 0.3) is 0 Å². The Kier molecular flexibility index (Phi) is 3.70. The molecule has 1 saturated carbocycles. The molecular formula is C14H26N2O2. The Morgan fingerprint density at radius 3 is 2.72 bits per heavy atom. The summed E-state index contributed by atoms with van der Waals surface area (Å²) in [7, 11) is 0. The number of esters is 1. The highest BCUT2D eigenvalue weighted by Crippen LogP contribution is 2.39. The van der Waals surface area contributed by atoms with Gasteiger partial charge in [-0.25, -0.2) is 0 Å². The predicted octanol–water partition coefficient (Wildman–Crippen LogP) is 1.67. The number of ether oxygens (including phenoxy) is 1. The molecule has 0 aromatic rings. The molecule has 2 fully saturated rings. The van der Waals surface area contributed by atoms with Crippen LogP contribution in [0.5, 0.6) is 0 Å². The molecule has 2 aliphatic rings. The van der Waals surface area contributed by atoms with Crippen molar-refractivity contribution in [2.45, 2.75) is 70.0 Å². The Bertz CT molecular complexity index is 330. The van der Waals surface area contributed by atoms with Crippen LogP contribution in [0.3, 0.4) is 0 Å². The second-order valence-corrected chi connectivity index (χ2v) is 6.38. The van der Waals surface area contributed by atoms with Crippen molar-refractivity contribution < 1.29 is 9.53 Å². The van der Waals surface area contributed by atoms with Crippen LogP contribution < -0.4 is 5.73 Å². The molecule has 2 atom stereocenters. The molecule has 0 amide bonds.